The van der Waals surface area contributed by atoms with Gasteiger partial charge < -0.3 is 19.1 Å². The zero-order valence-corrected chi connectivity index (χ0v) is 10.5. The Kier molecular flexibility index (Phi) is 4.38. The van der Waals surface area contributed by atoms with Crippen LogP contribution in [0.2, 0.25) is 0 Å². The third kappa shape index (κ3) is 2.73. The van der Waals surface area contributed by atoms with Crippen LogP contribution < -0.4 is 0 Å². The molecule has 18 heavy (non-hydrogen) atoms. The normalized spacial score (nSPS) is 24.2. The van der Waals surface area contributed by atoms with E-state index in [1.807, 2.05) is 0 Å². The van der Waals surface area contributed by atoms with Crippen molar-refractivity contribution in [1.29, 1.82) is 0 Å². The zero-order chi connectivity index (χ0) is 13.0. The molecule has 0 aromatic rings. The van der Waals surface area contributed by atoms with Crippen molar-refractivity contribution in [2.45, 2.75) is 13.0 Å². The Morgan fingerprint density at radius 1 is 1.28 bits per heavy atom. The summed E-state index contributed by atoms with van der Waals surface area (Å²) in [6, 6.07) is -0.567. The van der Waals surface area contributed by atoms with Gasteiger partial charge in [-0.15, -0.1) is 0 Å². The van der Waals surface area contributed by atoms with Crippen LogP contribution in [0.5, 0.6) is 0 Å². The van der Waals surface area contributed by atoms with Gasteiger partial charge in [-0.2, -0.15) is 0 Å². The maximum atomic E-state index is 12.3. The van der Waals surface area contributed by atoms with Gasteiger partial charge in [-0.25, -0.2) is 4.79 Å². The molecule has 2 heterocycles. The number of hydrogen-bond acceptors (Lipinski definition) is 5. The Labute approximate surface area is 106 Å². The minimum absolute atomic E-state index is 0.0937. The minimum Gasteiger partial charge on any atom is -0.450 e. The summed E-state index contributed by atoms with van der Waals surface area (Å²) < 4.78 is 15.3. The average Bonchev–Trinajstić information content (AvgIpc) is 2.88. The van der Waals surface area contributed by atoms with Crippen molar-refractivity contribution < 1.29 is 23.8 Å². The van der Waals surface area contributed by atoms with Crippen LogP contribution in [0.3, 0.4) is 0 Å². The molecule has 7 heteroatoms. The van der Waals surface area contributed by atoms with Gasteiger partial charge in [0.05, 0.1) is 26.4 Å². The summed E-state index contributed by atoms with van der Waals surface area (Å²) >= 11 is 0. The zero-order valence-electron chi connectivity index (χ0n) is 10.5. The maximum absolute atomic E-state index is 12.3. The van der Waals surface area contributed by atoms with Gasteiger partial charge in [-0.1, -0.05) is 0 Å². The number of morpholine rings is 1. The van der Waals surface area contributed by atoms with Gasteiger partial charge in [0.15, 0.2) is 0 Å². The molecule has 7 nitrogen and oxygen atoms in total. The Bertz CT molecular complexity index is 317. The molecule has 0 aromatic carbocycles. The van der Waals surface area contributed by atoms with E-state index >= 15 is 0 Å². The number of hydrogen-bond donors (Lipinski definition) is 0. The Morgan fingerprint density at radius 2 is 2.00 bits per heavy atom. The van der Waals surface area contributed by atoms with Gasteiger partial charge in [0.25, 0.3) is 0 Å². The first-order valence-electron chi connectivity index (χ1n) is 6.11. The van der Waals surface area contributed by atoms with Gasteiger partial charge in [-0.3, -0.25) is 9.69 Å². The standard InChI is InChI=1S/C11H18N2O5/c1-2-18-11(15)13-8-17-7-9(13)10(14)12-3-5-16-6-4-12/h9H,2-8H2,1H3/t9-/m0/s1. The van der Waals surface area contributed by atoms with E-state index in [1.54, 1.807) is 11.8 Å². The highest BCUT2D eigenvalue weighted by atomic mass is 16.6. The van der Waals surface area contributed by atoms with E-state index in [0.29, 0.717) is 26.3 Å². The third-order valence-electron chi connectivity index (χ3n) is 2.99. The first-order valence-corrected chi connectivity index (χ1v) is 6.11. The van der Waals surface area contributed by atoms with Gasteiger partial charge in [0, 0.05) is 13.1 Å². The average molecular weight is 258 g/mol. The number of amides is 2. The molecule has 0 N–H and O–H groups in total. The lowest BCUT2D eigenvalue weighted by Gasteiger charge is -2.31. The second-order valence-electron chi connectivity index (χ2n) is 4.12. The van der Waals surface area contributed by atoms with Gasteiger partial charge >= 0.3 is 6.09 Å². The number of nitrogens with zero attached hydrogens (tertiary/aromatic N) is 2. The number of rotatable bonds is 2. The van der Waals surface area contributed by atoms with Crippen molar-refractivity contribution in [2.75, 3.05) is 46.2 Å². The van der Waals surface area contributed by atoms with E-state index in [9.17, 15) is 9.59 Å². The lowest BCUT2D eigenvalue weighted by atomic mass is 10.2. The third-order valence-corrected chi connectivity index (χ3v) is 2.99. The molecule has 2 aliphatic heterocycles. The fourth-order valence-electron chi connectivity index (χ4n) is 2.03. The first-order chi connectivity index (χ1) is 8.74. The second kappa shape index (κ2) is 6.01. The Hall–Kier alpha value is -1.34. The van der Waals surface area contributed by atoms with Gasteiger partial charge in [0.2, 0.25) is 5.91 Å². The summed E-state index contributed by atoms with van der Waals surface area (Å²) in [5.41, 5.74) is 0. The highest BCUT2D eigenvalue weighted by molar-refractivity contribution is 5.86. The lowest BCUT2D eigenvalue weighted by molar-refractivity contribution is -0.139. The van der Waals surface area contributed by atoms with Crippen molar-refractivity contribution >= 4 is 12.0 Å². The van der Waals surface area contributed by atoms with E-state index in [2.05, 4.69) is 0 Å². The molecule has 102 valence electrons. The molecule has 1 atom stereocenters. The van der Waals surface area contributed by atoms with Crippen molar-refractivity contribution in [3.8, 4) is 0 Å². The Morgan fingerprint density at radius 3 is 2.67 bits per heavy atom. The summed E-state index contributed by atoms with van der Waals surface area (Å²) in [5.74, 6) is -0.0937. The molecule has 2 rings (SSSR count). The van der Waals surface area contributed by atoms with Crippen molar-refractivity contribution in [3.05, 3.63) is 0 Å². The monoisotopic (exact) mass is 258 g/mol. The van der Waals surface area contributed by atoms with Crippen LogP contribution in [0.25, 0.3) is 0 Å². The molecular formula is C11H18N2O5. The molecule has 0 radical (unpaired) electrons. The number of carbonyl (C=O) groups is 2. The lowest BCUT2D eigenvalue weighted by Crippen LogP contribution is -2.52. The molecule has 0 spiro atoms. The van der Waals surface area contributed by atoms with Crippen LogP contribution >= 0.6 is 0 Å². The highest BCUT2D eigenvalue weighted by Gasteiger charge is 2.38. The first kappa shape index (κ1) is 13.1. The van der Waals surface area contributed by atoms with Crippen molar-refractivity contribution in [1.82, 2.24) is 9.80 Å². The highest BCUT2D eigenvalue weighted by Crippen LogP contribution is 2.14. The topological polar surface area (TPSA) is 68.3 Å². The summed E-state index contributed by atoms with van der Waals surface area (Å²) in [4.78, 5) is 27.0. The fraction of sp³-hybridized carbons (Fsp3) is 0.818. The van der Waals surface area contributed by atoms with Crippen molar-refractivity contribution in [3.63, 3.8) is 0 Å². The van der Waals surface area contributed by atoms with E-state index in [0.717, 1.165) is 0 Å². The van der Waals surface area contributed by atoms with E-state index in [4.69, 9.17) is 14.2 Å². The van der Waals surface area contributed by atoms with E-state index in [1.165, 1.54) is 4.90 Å². The molecule has 0 saturated carbocycles. The van der Waals surface area contributed by atoms with Gasteiger partial charge in [0.1, 0.15) is 12.8 Å². The van der Waals surface area contributed by atoms with Crippen LogP contribution in [0.15, 0.2) is 0 Å². The molecule has 0 aliphatic carbocycles. The van der Waals surface area contributed by atoms with E-state index in [-0.39, 0.29) is 25.9 Å². The summed E-state index contributed by atoms with van der Waals surface area (Å²) in [7, 11) is 0. The van der Waals surface area contributed by atoms with Crippen LogP contribution in [0, 0.1) is 0 Å². The molecule has 2 saturated heterocycles. The maximum Gasteiger partial charge on any atom is 0.412 e. The van der Waals surface area contributed by atoms with Crippen LogP contribution in [0.4, 0.5) is 4.79 Å². The summed E-state index contributed by atoms with van der Waals surface area (Å²) in [5, 5.41) is 0. The summed E-state index contributed by atoms with van der Waals surface area (Å²) in [6.07, 6.45) is -0.499. The molecule has 0 bridgehead atoms. The molecule has 0 unspecified atom stereocenters. The molecule has 0 aromatic heterocycles. The summed E-state index contributed by atoms with van der Waals surface area (Å²) in [6.45, 7) is 4.56. The molecule has 2 amide bonds. The second-order valence-corrected chi connectivity index (χ2v) is 4.12. The predicted molar refractivity (Wildman–Crippen MR) is 60.9 cm³/mol. The predicted octanol–water partition coefficient (Wildman–Crippen LogP) is -0.340. The van der Waals surface area contributed by atoms with Crippen LogP contribution in [-0.2, 0) is 19.0 Å². The van der Waals surface area contributed by atoms with Crippen LogP contribution in [-0.4, -0.2) is 74.1 Å². The smallest absolute Gasteiger partial charge is 0.412 e. The minimum atomic E-state index is -0.567. The number of ether oxygens (including phenoxy) is 3. The van der Waals surface area contributed by atoms with Crippen LogP contribution in [0.1, 0.15) is 6.92 Å². The van der Waals surface area contributed by atoms with Crippen molar-refractivity contribution in [2.24, 2.45) is 0 Å². The Balaban J connectivity index is 1.97. The quantitative estimate of drug-likeness (QED) is 0.678. The van der Waals surface area contributed by atoms with Gasteiger partial charge in [-0.05, 0) is 6.92 Å². The molecule has 2 aliphatic rings. The number of carbonyl (C=O) groups excluding carboxylic acids is 2. The largest absolute Gasteiger partial charge is 0.450 e. The van der Waals surface area contributed by atoms with E-state index < -0.39 is 12.1 Å². The SMILES string of the molecule is CCOC(=O)N1COC[C@H]1C(=O)N1CCOCC1. The molecule has 2 fully saturated rings. The molecular weight excluding hydrogens is 240 g/mol. The fourth-order valence-corrected chi connectivity index (χ4v) is 2.03.